The van der Waals surface area contributed by atoms with Gasteiger partial charge in [0.25, 0.3) is 0 Å². The average Bonchev–Trinajstić information content (AvgIpc) is 1.72. The molecule has 0 saturated heterocycles. The molecule has 7 heavy (non-hydrogen) atoms. The fraction of sp³-hybridized carbons (Fsp3) is 0.250. The van der Waals surface area contributed by atoms with E-state index in [0.717, 1.165) is 6.29 Å². The molecule has 0 radical (unpaired) electrons. The summed E-state index contributed by atoms with van der Waals surface area (Å²) in [5.41, 5.74) is 4.98. The van der Waals surface area contributed by atoms with Gasteiger partial charge in [0.1, 0.15) is 0 Å². The highest BCUT2D eigenvalue weighted by atomic mass is 32.2. The van der Waals surface area contributed by atoms with Crippen molar-refractivity contribution >= 4 is 18.0 Å². The minimum Gasteiger partial charge on any atom is -0.404 e. The molecule has 0 fully saturated rings. The molecule has 2 nitrogen and oxygen atoms in total. The monoisotopic (exact) mass is 117 g/mol. The highest BCUT2D eigenvalue weighted by molar-refractivity contribution is 8.03. The molecule has 0 atom stereocenters. The van der Waals surface area contributed by atoms with Crippen LogP contribution in [-0.2, 0) is 4.79 Å². The Morgan fingerprint density at radius 1 is 1.86 bits per heavy atom. The Kier molecular flexibility index (Phi) is 3.50. The summed E-state index contributed by atoms with van der Waals surface area (Å²) in [6.07, 6.45) is 3.81. The van der Waals surface area contributed by atoms with Crippen molar-refractivity contribution in [2.75, 3.05) is 6.26 Å². The molecule has 0 spiro atoms. The van der Waals surface area contributed by atoms with E-state index in [2.05, 4.69) is 0 Å². The minimum atomic E-state index is 0.569. The fourth-order valence-corrected chi connectivity index (χ4v) is 0.388. The molecule has 0 aliphatic rings. The van der Waals surface area contributed by atoms with Crippen LogP contribution in [0, 0.1) is 0 Å². The maximum Gasteiger partial charge on any atom is 0.157 e. The number of aldehydes is 1. The van der Waals surface area contributed by atoms with Gasteiger partial charge < -0.3 is 5.73 Å². The topological polar surface area (TPSA) is 43.1 Å². The van der Waals surface area contributed by atoms with Gasteiger partial charge in [0.15, 0.2) is 6.29 Å². The smallest absolute Gasteiger partial charge is 0.157 e. The van der Waals surface area contributed by atoms with E-state index in [1.54, 1.807) is 6.26 Å². The third-order valence-electron chi connectivity index (χ3n) is 0.516. The van der Waals surface area contributed by atoms with Crippen molar-refractivity contribution in [3.05, 3.63) is 11.1 Å². The number of rotatable bonds is 2. The lowest BCUT2D eigenvalue weighted by Gasteiger charge is -1.83. The van der Waals surface area contributed by atoms with E-state index in [9.17, 15) is 4.79 Å². The van der Waals surface area contributed by atoms with Crippen LogP contribution in [0.1, 0.15) is 0 Å². The van der Waals surface area contributed by atoms with Crippen molar-refractivity contribution in [3.63, 3.8) is 0 Å². The third kappa shape index (κ3) is 2.28. The summed E-state index contributed by atoms with van der Waals surface area (Å²) in [6, 6.07) is 0. The number of thioether (sulfide) groups is 1. The molecule has 3 heteroatoms. The normalized spacial score (nSPS) is 11.3. The number of hydrogen-bond donors (Lipinski definition) is 1. The highest BCUT2D eigenvalue weighted by Crippen LogP contribution is 2.03. The Balaban J connectivity index is 3.60. The third-order valence-corrected chi connectivity index (χ3v) is 1.22. The number of carbonyl (C=O) groups excluding carboxylic acids is 1. The second-order valence-electron chi connectivity index (χ2n) is 0.891. The van der Waals surface area contributed by atoms with Crippen LogP contribution < -0.4 is 5.73 Å². The molecule has 0 aliphatic carbocycles. The molecular formula is C4H7NOS. The summed E-state index contributed by atoms with van der Waals surface area (Å²) in [5, 5.41) is 0. The molecule has 40 valence electrons. The number of allylic oxidation sites excluding steroid dienone is 1. The summed E-state index contributed by atoms with van der Waals surface area (Å²) < 4.78 is 0. The average molecular weight is 117 g/mol. The van der Waals surface area contributed by atoms with Gasteiger partial charge in [0.05, 0.1) is 4.91 Å². The summed E-state index contributed by atoms with van der Waals surface area (Å²) in [4.78, 5) is 10.4. The molecule has 0 heterocycles. The van der Waals surface area contributed by atoms with Crippen LogP contribution >= 0.6 is 11.8 Å². The molecule has 0 amide bonds. The lowest BCUT2D eigenvalue weighted by molar-refractivity contribution is -0.104. The molecule has 0 rings (SSSR count). The van der Waals surface area contributed by atoms with Crippen LogP contribution in [0.5, 0.6) is 0 Å². The predicted molar refractivity (Wildman–Crippen MR) is 31.8 cm³/mol. The van der Waals surface area contributed by atoms with Crippen LogP contribution in [0.4, 0.5) is 0 Å². The van der Waals surface area contributed by atoms with Crippen LogP contribution in [0.25, 0.3) is 0 Å². The highest BCUT2D eigenvalue weighted by Gasteiger charge is 1.83. The first-order valence-electron chi connectivity index (χ1n) is 1.76. The first-order chi connectivity index (χ1) is 3.35. The summed E-state index contributed by atoms with van der Waals surface area (Å²) in [7, 11) is 0. The van der Waals surface area contributed by atoms with E-state index in [1.807, 2.05) is 0 Å². The standard InChI is InChI=1S/C4H7NOS/c1-7-4(2-5)3-6/h2-3H,5H2,1H3. The van der Waals surface area contributed by atoms with E-state index >= 15 is 0 Å². The molecule has 2 N–H and O–H groups in total. The van der Waals surface area contributed by atoms with Gasteiger partial charge >= 0.3 is 0 Å². The molecular weight excluding hydrogens is 110 g/mol. The summed E-state index contributed by atoms with van der Waals surface area (Å²) >= 11 is 1.34. The largest absolute Gasteiger partial charge is 0.404 e. The van der Waals surface area contributed by atoms with Gasteiger partial charge in [-0.25, -0.2) is 0 Å². The Hall–Kier alpha value is -0.440. The van der Waals surface area contributed by atoms with Crippen LogP contribution in [-0.4, -0.2) is 12.5 Å². The van der Waals surface area contributed by atoms with Crippen LogP contribution in [0.3, 0.4) is 0 Å². The minimum absolute atomic E-state index is 0.569. The van der Waals surface area contributed by atoms with Gasteiger partial charge in [-0.15, -0.1) is 11.8 Å². The molecule has 0 bridgehead atoms. The molecule has 0 aromatic rings. The van der Waals surface area contributed by atoms with E-state index in [-0.39, 0.29) is 0 Å². The van der Waals surface area contributed by atoms with Crippen molar-refractivity contribution in [1.29, 1.82) is 0 Å². The second kappa shape index (κ2) is 3.74. The lowest BCUT2D eigenvalue weighted by atomic mass is 10.7. The molecule has 0 aromatic carbocycles. The Labute approximate surface area is 46.8 Å². The van der Waals surface area contributed by atoms with Gasteiger partial charge in [0.2, 0.25) is 0 Å². The van der Waals surface area contributed by atoms with Crippen molar-refractivity contribution < 1.29 is 4.79 Å². The number of nitrogens with two attached hydrogens (primary N) is 1. The zero-order valence-electron chi connectivity index (χ0n) is 4.05. The van der Waals surface area contributed by atoms with Gasteiger partial charge in [0, 0.05) is 6.20 Å². The molecule has 0 aliphatic heterocycles. The Morgan fingerprint density at radius 3 is 2.43 bits per heavy atom. The van der Waals surface area contributed by atoms with E-state index in [0.29, 0.717) is 4.91 Å². The number of hydrogen-bond acceptors (Lipinski definition) is 3. The Bertz CT molecular complexity index is 89.7. The zero-order valence-corrected chi connectivity index (χ0v) is 4.87. The summed E-state index contributed by atoms with van der Waals surface area (Å²) in [6.45, 7) is 0. The number of carbonyl (C=O) groups is 1. The second-order valence-corrected chi connectivity index (χ2v) is 1.77. The van der Waals surface area contributed by atoms with Crippen molar-refractivity contribution in [3.8, 4) is 0 Å². The van der Waals surface area contributed by atoms with Gasteiger partial charge in [-0.3, -0.25) is 4.79 Å². The van der Waals surface area contributed by atoms with Gasteiger partial charge in [-0.2, -0.15) is 0 Å². The van der Waals surface area contributed by atoms with E-state index < -0.39 is 0 Å². The maximum absolute atomic E-state index is 9.80. The van der Waals surface area contributed by atoms with Gasteiger partial charge in [-0.1, -0.05) is 0 Å². The first kappa shape index (κ1) is 6.56. The van der Waals surface area contributed by atoms with Crippen LogP contribution in [0.15, 0.2) is 11.1 Å². The fourth-order valence-electron chi connectivity index (χ4n) is 0.155. The van der Waals surface area contributed by atoms with Crippen LogP contribution in [0.2, 0.25) is 0 Å². The van der Waals surface area contributed by atoms with Crippen molar-refractivity contribution in [2.24, 2.45) is 5.73 Å². The Morgan fingerprint density at radius 2 is 2.43 bits per heavy atom. The predicted octanol–water partition coefficient (Wildman–Crippen LogP) is 0.348. The first-order valence-corrected chi connectivity index (χ1v) is 2.98. The zero-order chi connectivity index (χ0) is 5.70. The van der Waals surface area contributed by atoms with E-state index in [1.165, 1.54) is 18.0 Å². The van der Waals surface area contributed by atoms with Gasteiger partial charge in [-0.05, 0) is 6.26 Å². The van der Waals surface area contributed by atoms with Crippen molar-refractivity contribution in [1.82, 2.24) is 0 Å². The molecule has 0 unspecified atom stereocenters. The quantitative estimate of drug-likeness (QED) is 0.419. The lowest BCUT2D eigenvalue weighted by Crippen LogP contribution is -1.83. The van der Waals surface area contributed by atoms with Crippen molar-refractivity contribution in [2.45, 2.75) is 0 Å². The molecule has 0 aromatic heterocycles. The summed E-state index contributed by atoms with van der Waals surface area (Å²) in [5.74, 6) is 0. The maximum atomic E-state index is 9.80. The molecule has 0 saturated carbocycles. The SMILES string of the molecule is CSC(C=O)=CN. The van der Waals surface area contributed by atoms with E-state index in [4.69, 9.17) is 5.73 Å².